The summed E-state index contributed by atoms with van der Waals surface area (Å²) in [6.45, 7) is 2.15. The molecule has 1 nitrogen and oxygen atoms in total. The van der Waals surface area contributed by atoms with Crippen molar-refractivity contribution in [1.29, 1.82) is 0 Å². The van der Waals surface area contributed by atoms with E-state index in [4.69, 9.17) is 17.3 Å². The average Bonchev–Trinajstić information content (AvgIpc) is 2.39. The molecule has 0 fully saturated rings. The van der Waals surface area contributed by atoms with Crippen molar-refractivity contribution in [1.82, 2.24) is 0 Å². The minimum Gasteiger partial charge on any atom is -0.320 e. The van der Waals surface area contributed by atoms with Gasteiger partial charge in [-0.15, -0.1) is 11.8 Å². The Hall–Kier alpha value is -0.960. The monoisotopic (exact) mass is 277 g/mol. The van der Waals surface area contributed by atoms with Gasteiger partial charge in [0.15, 0.2) is 0 Å². The summed E-state index contributed by atoms with van der Waals surface area (Å²) in [6, 6.07) is 16.0. The van der Waals surface area contributed by atoms with Gasteiger partial charge in [-0.25, -0.2) is 0 Å². The topological polar surface area (TPSA) is 26.0 Å². The molecule has 0 heterocycles. The highest BCUT2D eigenvalue weighted by Gasteiger charge is 2.08. The van der Waals surface area contributed by atoms with E-state index in [2.05, 4.69) is 31.2 Å². The number of hydrogen-bond acceptors (Lipinski definition) is 2. The van der Waals surface area contributed by atoms with E-state index in [1.54, 1.807) is 0 Å². The van der Waals surface area contributed by atoms with E-state index < -0.39 is 0 Å². The number of nitrogens with two attached hydrogens (primary N) is 1. The first kappa shape index (κ1) is 13.5. The summed E-state index contributed by atoms with van der Waals surface area (Å²) < 4.78 is 0. The number of hydrogen-bond donors (Lipinski definition) is 1. The second kappa shape index (κ2) is 6.28. The molecule has 2 rings (SSSR count). The Morgan fingerprint density at radius 1 is 1.11 bits per heavy atom. The Balaban J connectivity index is 2.20. The summed E-state index contributed by atoms with van der Waals surface area (Å²) in [6.07, 6.45) is 0. The highest BCUT2D eigenvalue weighted by molar-refractivity contribution is 7.99. The first-order chi connectivity index (χ1) is 8.70. The fraction of sp³-hybridized carbons (Fsp3) is 0.200. The summed E-state index contributed by atoms with van der Waals surface area (Å²) in [5.74, 6) is 1.08. The van der Waals surface area contributed by atoms with Gasteiger partial charge in [0, 0.05) is 9.92 Å². The lowest BCUT2D eigenvalue weighted by Crippen LogP contribution is -2.11. The smallest absolute Gasteiger partial charge is 0.0552 e. The van der Waals surface area contributed by atoms with Crippen molar-refractivity contribution in [3.05, 3.63) is 64.7 Å². The first-order valence-electron chi connectivity index (χ1n) is 5.94. The number of rotatable bonds is 4. The van der Waals surface area contributed by atoms with E-state index in [0.717, 1.165) is 21.9 Å². The molecule has 2 N–H and O–H groups in total. The van der Waals surface area contributed by atoms with Gasteiger partial charge in [0.25, 0.3) is 0 Å². The Morgan fingerprint density at radius 3 is 2.44 bits per heavy atom. The van der Waals surface area contributed by atoms with Gasteiger partial charge in [0.05, 0.1) is 6.04 Å². The Bertz CT molecular complexity index is 510. The third-order valence-corrected chi connectivity index (χ3v) is 3.89. The van der Waals surface area contributed by atoms with Crippen molar-refractivity contribution in [2.75, 3.05) is 5.75 Å². The third-order valence-electron chi connectivity index (χ3n) is 2.76. The van der Waals surface area contributed by atoms with Crippen LogP contribution in [0.1, 0.15) is 24.1 Å². The van der Waals surface area contributed by atoms with E-state index >= 15 is 0 Å². The maximum atomic E-state index is 6.24. The molecule has 0 aromatic heterocycles. The van der Waals surface area contributed by atoms with Crippen molar-refractivity contribution in [3.63, 3.8) is 0 Å². The van der Waals surface area contributed by atoms with Gasteiger partial charge < -0.3 is 5.73 Å². The third kappa shape index (κ3) is 3.29. The SMILES string of the molecule is CCSc1ccc(C(N)c2cccc(Cl)c2)cc1. The Labute approximate surface area is 117 Å². The van der Waals surface area contributed by atoms with Gasteiger partial charge in [-0.05, 0) is 41.1 Å². The van der Waals surface area contributed by atoms with Crippen LogP contribution in [0.5, 0.6) is 0 Å². The second-order valence-electron chi connectivity index (χ2n) is 4.03. The highest BCUT2D eigenvalue weighted by atomic mass is 35.5. The van der Waals surface area contributed by atoms with Crippen molar-refractivity contribution < 1.29 is 0 Å². The molecular weight excluding hydrogens is 262 g/mol. The Morgan fingerprint density at radius 2 is 1.83 bits per heavy atom. The maximum absolute atomic E-state index is 6.24. The van der Waals surface area contributed by atoms with Crippen molar-refractivity contribution in [2.45, 2.75) is 17.9 Å². The zero-order valence-electron chi connectivity index (χ0n) is 10.3. The molecule has 18 heavy (non-hydrogen) atoms. The van der Waals surface area contributed by atoms with Crippen LogP contribution in [0, 0.1) is 0 Å². The second-order valence-corrected chi connectivity index (χ2v) is 5.81. The molecule has 0 aliphatic heterocycles. The van der Waals surface area contributed by atoms with E-state index in [1.165, 1.54) is 4.90 Å². The largest absolute Gasteiger partial charge is 0.320 e. The number of benzene rings is 2. The van der Waals surface area contributed by atoms with Crippen LogP contribution in [0.15, 0.2) is 53.4 Å². The van der Waals surface area contributed by atoms with Crippen molar-refractivity contribution >= 4 is 23.4 Å². The molecular formula is C15H16ClNS. The molecule has 2 aromatic carbocycles. The van der Waals surface area contributed by atoms with Gasteiger partial charge in [-0.2, -0.15) is 0 Å². The molecule has 0 bridgehead atoms. The molecule has 0 aliphatic carbocycles. The molecule has 0 amide bonds. The van der Waals surface area contributed by atoms with Crippen molar-refractivity contribution in [3.8, 4) is 0 Å². The molecule has 94 valence electrons. The van der Waals surface area contributed by atoms with Crippen molar-refractivity contribution in [2.24, 2.45) is 5.73 Å². The van der Waals surface area contributed by atoms with Crippen LogP contribution < -0.4 is 5.73 Å². The van der Waals surface area contributed by atoms with E-state index in [0.29, 0.717) is 0 Å². The minimum absolute atomic E-state index is 0.121. The fourth-order valence-electron chi connectivity index (χ4n) is 1.83. The molecule has 1 atom stereocenters. The first-order valence-corrected chi connectivity index (χ1v) is 7.31. The Kier molecular flexibility index (Phi) is 4.70. The van der Waals surface area contributed by atoms with Gasteiger partial charge in [-0.1, -0.05) is 42.8 Å². The van der Waals surface area contributed by atoms with E-state index in [9.17, 15) is 0 Å². The van der Waals surface area contributed by atoms with E-state index in [1.807, 2.05) is 36.0 Å². The summed E-state index contributed by atoms with van der Waals surface area (Å²) in [5.41, 5.74) is 8.39. The molecule has 0 saturated carbocycles. The number of halogens is 1. The van der Waals surface area contributed by atoms with Crippen LogP contribution in [-0.4, -0.2) is 5.75 Å². The zero-order chi connectivity index (χ0) is 13.0. The molecule has 0 saturated heterocycles. The van der Waals surface area contributed by atoms with Crippen LogP contribution >= 0.6 is 23.4 Å². The summed E-state index contributed by atoms with van der Waals surface area (Å²) in [5, 5.41) is 0.723. The fourth-order valence-corrected chi connectivity index (χ4v) is 2.69. The predicted octanol–water partition coefficient (Wildman–Crippen LogP) is 4.50. The molecule has 1 unspecified atom stereocenters. The molecule has 0 radical (unpaired) electrons. The number of thioether (sulfide) groups is 1. The van der Waals surface area contributed by atoms with Gasteiger partial charge in [0.1, 0.15) is 0 Å². The van der Waals surface area contributed by atoms with Crippen LogP contribution in [0.2, 0.25) is 5.02 Å². The quantitative estimate of drug-likeness (QED) is 0.833. The minimum atomic E-state index is -0.121. The summed E-state index contributed by atoms with van der Waals surface area (Å²) >= 11 is 7.82. The predicted molar refractivity (Wildman–Crippen MR) is 80.3 cm³/mol. The molecule has 0 aliphatic rings. The van der Waals surface area contributed by atoms with E-state index in [-0.39, 0.29) is 6.04 Å². The standard InChI is InChI=1S/C15H16ClNS/c1-2-18-14-8-6-11(7-9-14)15(17)12-4-3-5-13(16)10-12/h3-10,15H,2,17H2,1H3. The van der Waals surface area contributed by atoms with Crippen LogP contribution in [0.25, 0.3) is 0 Å². The van der Waals surface area contributed by atoms with Gasteiger partial charge in [0.2, 0.25) is 0 Å². The van der Waals surface area contributed by atoms with Crippen LogP contribution in [0.4, 0.5) is 0 Å². The average molecular weight is 278 g/mol. The van der Waals surface area contributed by atoms with Gasteiger partial charge in [-0.3, -0.25) is 0 Å². The lowest BCUT2D eigenvalue weighted by Gasteiger charge is -2.13. The lowest BCUT2D eigenvalue weighted by molar-refractivity contribution is 0.870. The normalized spacial score (nSPS) is 12.4. The lowest BCUT2D eigenvalue weighted by atomic mass is 10.00. The highest BCUT2D eigenvalue weighted by Crippen LogP contribution is 2.25. The summed E-state index contributed by atoms with van der Waals surface area (Å²) in [7, 11) is 0. The van der Waals surface area contributed by atoms with Gasteiger partial charge >= 0.3 is 0 Å². The maximum Gasteiger partial charge on any atom is 0.0552 e. The molecule has 3 heteroatoms. The summed E-state index contributed by atoms with van der Waals surface area (Å²) in [4.78, 5) is 1.28. The molecule has 0 spiro atoms. The zero-order valence-corrected chi connectivity index (χ0v) is 11.8. The molecule has 2 aromatic rings. The van der Waals surface area contributed by atoms with Crippen LogP contribution in [-0.2, 0) is 0 Å². The van der Waals surface area contributed by atoms with Crippen LogP contribution in [0.3, 0.4) is 0 Å².